The van der Waals surface area contributed by atoms with Gasteiger partial charge in [0.05, 0.1) is 10.2 Å². The summed E-state index contributed by atoms with van der Waals surface area (Å²) in [6.07, 6.45) is 0.317. The molecule has 0 radical (unpaired) electrons. The summed E-state index contributed by atoms with van der Waals surface area (Å²) in [6, 6.07) is 6.51. The van der Waals surface area contributed by atoms with Crippen molar-refractivity contribution in [2.24, 2.45) is 0 Å². The molecule has 1 heterocycles. The summed E-state index contributed by atoms with van der Waals surface area (Å²) in [4.78, 5) is 13.4. The van der Waals surface area contributed by atoms with E-state index in [0.29, 0.717) is 18.7 Å². The maximum Gasteiger partial charge on any atom is 0.430 e. The summed E-state index contributed by atoms with van der Waals surface area (Å²) in [5.74, 6) is -3.88. The smallest absolute Gasteiger partial charge is 0.430 e. The van der Waals surface area contributed by atoms with Gasteiger partial charge in [0.15, 0.2) is 16.5 Å². The van der Waals surface area contributed by atoms with Crippen molar-refractivity contribution in [1.29, 1.82) is 0 Å². The fourth-order valence-electron chi connectivity index (χ4n) is 3.67. The number of anilines is 2. The van der Waals surface area contributed by atoms with Gasteiger partial charge in [0.25, 0.3) is 10.0 Å². The largest absolute Gasteiger partial charge is 0.443 e. The molecule has 1 aromatic heterocycles. The summed E-state index contributed by atoms with van der Waals surface area (Å²) in [7, 11) is -3.34. The number of nitrogens with zero attached hydrogens (tertiary/aromatic N) is 3. The molecule has 0 saturated carbocycles. The highest BCUT2D eigenvalue weighted by Gasteiger charge is 2.40. The number of nitrogens with one attached hydrogen (secondary N) is 1. The van der Waals surface area contributed by atoms with Gasteiger partial charge in [-0.1, -0.05) is 18.2 Å². The fraction of sp³-hybridized carbons (Fsp3) is 0.308. The number of aromatic nitrogens is 1. The van der Waals surface area contributed by atoms with E-state index < -0.39 is 48.5 Å². The highest BCUT2D eigenvalue weighted by atomic mass is 79.9. The lowest BCUT2D eigenvalue weighted by Gasteiger charge is -2.26. The Bertz CT molecular complexity index is 1500. The van der Waals surface area contributed by atoms with Gasteiger partial charge in [0.1, 0.15) is 17.2 Å². The maximum absolute atomic E-state index is 15.6. The van der Waals surface area contributed by atoms with E-state index in [9.17, 15) is 17.6 Å². The molecular weight excluding hydrogens is 633 g/mol. The van der Waals surface area contributed by atoms with Crippen molar-refractivity contribution < 1.29 is 31.1 Å². The number of likely N-dealkylation sites (N-methyl/N-ethyl adjacent to an activating group) is 1. The number of ether oxygens (including phenoxy) is 1. The predicted octanol–water partition coefficient (Wildman–Crippen LogP) is 6.68. The second kappa shape index (κ2) is 12.7. The van der Waals surface area contributed by atoms with Crippen molar-refractivity contribution in [3.63, 3.8) is 0 Å². The van der Waals surface area contributed by atoms with Crippen molar-refractivity contribution in [1.82, 2.24) is 9.27 Å². The van der Waals surface area contributed by atoms with Crippen molar-refractivity contribution in [3.05, 3.63) is 81.4 Å². The summed E-state index contributed by atoms with van der Waals surface area (Å²) in [5.41, 5.74) is -0.370. The summed E-state index contributed by atoms with van der Waals surface area (Å²) >= 11 is 3.82. The number of rotatable bonds is 10. The third-order valence-corrected chi connectivity index (χ3v) is 8.39. The molecule has 3 rings (SSSR count). The summed E-state index contributed by atoms with van der Waals surface area (Å²) < 4.78 is 81.3. The van der Waals surface area contributed by atoms with E-state index in [1.54, 1.807) is 18.2 Å². The molecule has 14 heteroatoms. The van der Waals surface area contributed by atoms with Crippen molar-refractivity contribution in [2.75, 3.05) is 23.2 Å². The quantitative estimate of drug-likeness (QED) is 0.192. The normalized spacial score (nSPS) is 11.9. The predicted molar refractivity (Wildman–Crippen MR) is 152 cm³/mol. The van der Waals surface area contributed by atoms with Gasteiger partial charge in [-0.15, -0.1) is 10.9 Å². The Morgan fingerprint density at radius 2 is 1.93 bits per heavy atom. The number of carbonyl (C=O) groups is 1. The van der Waals surface area contributed by atoms with E-state index in [2.05, 4.69) is 32.2 Å². The number of carbonyl (C=O) groups excluding carboxylic acids is 1. The second-order valence-corrected chi connectivity index (χ2v) is 12.9. The van der Waals surface area contributed by atoms with Crippen LogP contribution in [0.15, 0.2) is 57.7 Å². The molecule has 0 atom stereocenters. The number of hydrogen-bond donors (Lipinski definition) is 1. The van der Waals surface area contributed by atoms with Gasteiger partial charge in [-0.05, 0) is 79.0 Å². The molecule has 0 bridgehead atoms. The van der Waals surface area contributed by atoms with Crippen molar-refractivity contribution >= 4 is 55.1 Å². The molecular formula is C26H28BrF3N4O4S2. The molecule has 8 nitrogen and oxygen atoms in total. The SMILES string of the molecule is C=CCN(C)Cc1cccc(F)c1CNc1cc(F)c(S(=O)(=O)N(C(=O)OC(C)(C)C)c2ccsn2)c(F)c1Br. The number of sulfonamides is 1. The Balaban J connectivity index is 1.99. The molecule has 3 aromatic rings. The fourth-order valence-corrected chi connectivity index (χ4v) is 6.20. The number of halogens is 4. The molecule has 1 N–H and O–H groups in total. The lowest BCUT2D eigenvalue weighted by Crippen LogP contribution is -2.41. The zero-order valence-electron chi connectivity index (χ0n) is 22.2. The third kappa shape index (κ3) is 7.22. The van der Waals surface area contributed by atoms with Crippen LogP contribution in [-0.2, 0) is 27.8 Å². The first kappa shape index (κ1) is 31.6. The van der Waals surface area contributed by atoms with E-state index in [-0.39, 0.29) is 27.9 Å². The molecule has 0 aliphatic heterocycles. The highest BCUT2D eigenvalue weighted by Crippen LogP contribution is 2.36. The van der Waals surface area contributed by atoms with E-state index in [1.807, 2.05) is 11.9 Å². The average molecular weight is 662 g/mol. The molecule has 0 saturated heterocycles. The van der Waals surface area contributed by atoms with Crippen LogP contribution in [0.4, 0.5) is 29.5 Å². The van der Waals surface area contributed by atoms with Crippen LogP contribution in [0.25, 0.3) is 0 Å². The van der Waals surface area contributed by atoms with Gasteiger partial charge < -0.3 is 10.1 Å². The van der Waals surface area contributed by atoms with Gasteiger partial charge in [-0.25, -0.2) is 26.4 Å². The average Bonchev–Trinajstić information content (AvgIpc) is 3.34. The van der Waals surface area contributed by atoms with Crippen LogP contribution in [0, 0.1) is 17.5 Å². The van der Waals surface area contributed by atoms with Gasteiger partial charge in [-0.2, -0.15) is 4.37 Å². The van der Waals surface area contributed by atoms with Gasteiger partial charge in [0, 0.05) is 30.6 Å². The molecule has 0 fully saturated rings. The van der Waals surface area contributed by atoms with Crippen LogP contribution in [0.3, 0.4) is 0 Å². The van der Waals surface area contributed by atoms with Crippen LogP contribution in [0.5, 0.6) is 0 Å². The third-order valence-electron chi connectivity index (χ3n) is 5.36. The van der Waals surface area contributed by atoms with Crippen LogP contribution in [0.1, 0.15) is 31.9 Å². The zero-order valence-corrected chi connectivity index (χ0v) is 25.4. The van der Waals surface area contributed by atoms with E-state index in [1.165, 1.54) is 38.3 Å². The van der Waals surface area contributed by atoms with Crippen LogP contribution in [0.2, 0.25) is 0 Å². The minimum absolute atomic E-state index is 0.112. The minimum atomic E-state index is -5.17. The topological polar surface area (TPSA) is 91.8 Å². The standard InChI is InChI=1S/C26H28BrF3N4O4S2/c1-6-11-33(5)15-16-8-7-9-18(28)17(16)14-31-20-13-19(29)24(23(30)22(20)27)40(36,37)34(21-10-12-39-32-21)25(35)38-26(2,3)4/h6-10,12-13,31H,1,11,14-15H2,2-5H3. The first-order valence-corrected chi connectivity index (χ1v) is 14.9. The highest BCUT2D eigenvalue weighted by molar-refractivity contribution is 9.10. The molecule has 40 heavy (non-hydrogen) atoms. The Morgan fingerprint density at radius 1 is 1.23 bits per heavy atom. The number of hydrogen-bond acceptors (Lipinski definition) is 8. The zero-order chi connectivity index (χ0) is 29.8. The first-order valence-electron chi connectivity index (χ1n) is 11.8. The maximum atomic E-state index is 15.6. The first-order chi connectivity index (χ1) is 18.7. The summed E-state index contributed by atoms with van der Waals surface area (Å²) in [6.45, 7) is 8.99. The lowest BCUT2D eigenvalue weighted by atomic mass is 10.1. The van der Waals surface area contributed by atoms with E-state index >= 15 is 8.78 Å². The molecule has 0 spiro atoms. The summed E-state index contributed by atoms with van der Waals surface area (Å²) in [5, 5.41) is 4.16. The van der Waals surface area contributed by atoms with Crippen LogP contribution in [-0.4, -0.2) is 43.0 Å². The van der Waals surface area contributed by atoms with E-state index in [4.69, 9.17) is 4.74 Å². The Kier molecular flexibility index (Phi) is 10.0. The lowest BCUT2D eigenvalue weighted by molar-refractivity contribution is 0.0608. The molecule has 0 aliphatic carbocycles. The van der Waals surface area contributed by atoms with E-state index in [0.717, 1.165) is 17.6 Å². The molecule has 0 unspecified atom stereocenters. The van der Waals surface area contributed by atoms with Crippen molar-refractivity contribution in [2.45, 2.75) is 44.4 Å². The molecule has 216 valence electrons. The Hall–Kier alpha value is -2.94. The Morgan fingerprint density at radius 3 is 2.52 bits per heavy atom. The van der Waals surface area contributed by atoms with Gasteiger partial charge in [0.2, 0.25) is 0 Å². The minimum Gasteiger partial charge on any atom is -0.443 e. The molecule has 1 amide bonds. The molecule has 0 aliphatic rings. The molecule has 2 aromatic carbocycles. The Labute approximate surface area is 243 Å². The second-order valence-electron chi connectivity index (χ2n) is 9.69. The van der Waals surface area contributed by atoms with Crippen LogP contribution < -0.4 is 9.62 Å². The monoisotopic (exact) mass is 660 g/mol. The van der Waals surface area contributed by atoms with Gasteiger partial charge >= 0.3 is 6.09 Å². The van der Waals surface area contributed by atoms with Crippen LogP contribution >= 0.6 is 27.5 Å². The number of amides is 1. The number of benzene rings is 2. The van der Waals surface area contributed by atoms with Crippen molar-refractivity contribution in [3.8, 4) is 0 Å². The van der Waals surface area contributed by atoms with Gasteiger partial charge in [-0.3, -0.25) is 4.90 Å².